The second-order valence-corrected chi connectivity index (χ2v) is 29.7. The van der Waals surface area contributed by atoms with E-state index in [2.05, 4.69) is 16.0 Å². The summed E-state index contributed by atoms with van der Waals surface area (Å²) >= 11 is 170. The Morgan fingerprint density at radius 3 is 0.718 bits per heavy atom. The van der Waals surface area contributed by atoms with Crippen molar-refractivity contribution in [3.63, 3.8) is 0 Å². The first-order valence-corrected chi connectivity index (χ1v) is 33.1. The van der Waals surface area contributed by atoms with Crippen LogP contribution in [0.3, 0.4) is 0 Å². The summed E-state index contributed by atoms with van der Waals surface area (Å²) in [5.41, 5.74) is -1.23. The number of benzene rings is 6. The van der Waals surface area contributed by atoms with Crippen molar-refractivity contribution >= 4 is 338 Å². The number of alkyl halides is 12. The fraction of sp³-hybridized carbons (Fsp3) is 0.250. The van der Waals surface area contributed by atoms with Crippen LogP contribution in [0.15, 0.2) is 91.0 Å². The topological polar surface area (TPSA) is 134 Å². The normalized spacial score (nSPS) is 12.7. The van der Waals surface area contributed by atoms with E-state index in [0.717, 1.165) is 14.7 Å². The number of para-hydroxylation sites is 3. The Balaban J connectivity index is 1.66. The highest BCUT2D eigenvalue weighted by atomic mass is 35.6. The van der Waals surface area contributed by atoms with Crippen LogP contribution in [0.2, 0.25) is 60.3 Å². The molecule has 6 aromatic rings. The Kier molecular flexibility index (Phi) is 27.7. The standard InChI is InChI=1S/C48H33Cl24N6O6P/c49-25-28(52)34(58)40(37(31(25)55)73-16-19-79)76(22-10-4-1-5-11-22)43(61,62)46(67,68)82-85(83-47(69,70)44(63,64)77(23-12-6-2-7-13-23)41-35(59)29(53)26(50)32(56)38(41)74-17-20-80)84-48(71,72)45(65,66)78(24-14-8-3-9-15-24)42-36(60)30(54)27(51)33(57)39(42)75-18-21-81/h1-15,73-75,79-81H,16-21H2. The summed E-state index contributed by atoms with van der Waals surface area (Å²) in [6.07, 6.45) is 0. The fourth-order valence-electron chi connectivity index (χ4n) is 7.43. The highest BCUT2D eigenvalue weighted by Crippen LogP contribution is 2.69. The molecule has 6 rings (SSSR count). The van der Waals surface area contributed by atoms with Gasteiger partial charge in [0.2, 0.25) is 0 Å². The van der Waals surface area contributed by atoms with Crippen LogP contribution in [0.1, 0.15) is 0 Å². The minimum absolute atomic E-state index is 0.0213. The Morgan fingerprint density at radius 2 is 0.518 bits per heavy atom. The van der Waals surface area contributed by atoms with Crippen molar-refractivity contribution in [1.82, 2.24) is 0 Å². The fourth-order valence-corrected chi connectivity index (χ4v) is 14.7. The third-order valence-electron chi connectivity index (χ3n) is 11.1. The molecule has 6 aromatic carbocycles. The third kappa shape index (κ3) is 15.8. The van der Waals surface area contributed by atoms with Crippen molar-refractivity contribution < 1.29 is 28.9 Å². The molecule has 0 aromatic heterocycles. The molecule has 0 atom stereocenters. The molecule has 0 aliphatic heterocycles. The molecule has 0 heterocycles. The summed E-state index contributed by atoms with van der Waals surface area (Å²) in [4.78, 5) is 2.93. The number of nitrogens with zero attached hydrogens (tertiary/aromatic N) is 3. The van der Waals surface area contributed by atoms with Crippen molar-refractivity contribution in [3.05, 3.63) is 151 Å². The number of anilines is 9. The van der Waals surface area contributed by atoms with Crippen LogP contribution in [0, 0.1) is 0 Å². The van der Waals surface area contributed by atoms with Gasteiger partial charge in [-0.3, -0.25) is 13.6 Å². The zero-order valence-corrected chi connectivity index (χ0v) is 60.4. The van der Waals surface area contributed by atoms with Gasteiger partial charge in [-0.15, -0.1) is 0 Å². The average Bonchev–Trinajstić information content (AvgIpc) is 0.956. The summed E-state index contributed by atoms with van der Waals surface area (Å²) in [5.74, 6) is 0. The van der Waals surface area contributed by atoms with Crippen molar-refractivity contribution in [2.24, 2.45) is 0 Å². The summed E-state index contributed by atoms with van der Waals surface area (Å²) in [5, 5.41) is 34.9. The molecule has 0 saturated carbocycles. The lowest BCUT2D eigenvalue weighted by Crippen LogP contribution is -2.54. The first-order chi connectivity index (χ1) is 39.6. The number of hydrogen-bond acceptors (Lipinski definition) is 12. The van der Waals surface area contributed by atoms with Gasteiger partial charge in [-0.2, -0.15) is 0 Å². The second kappa shape index (κ2) is 31.2. The number of halogens is 24. The second-order valence-electron chi connectivity index (χ2n) is 16.6. The lowest BCUT2D eigenvalue weighted by molar-refractivity contribution is 0.0809. The van der Waals surface area contributed by atoms with Gasteiger partial charge in [0.15, 0.2) is 0 Å². The largest absolute Gasteiger partial charge is 0.395 e. The van der Waals surface area contributed by atoms with Gasteiger partial charge in [0.1, 0.15) is 0 Å². The predicted molar refractivity (Wildman–Crippen MR) is 369 cm³/mol. The smallest absolute Gasteiger partial charge is 0.341 e. The molecule has 6 N–H and O–H groups in total. The van der Waals surface area contributed by atoms with E-state index in [1.807, 2.05) is 0 Å². The first kappa shape index (κ1) is 75.3. The first-order valence-electron chi connectivity index (χ1n) is 22.9. The predicted octanol–water partition coefficient (Wildman–Crippen LogP) is 23.6. The van der Waals surface area contributed by atoms with E-state index in [4.69, 9.17) is 292 Å². The maximum Gasteiger partial charge on any atom is 0.341 e. The molecule has 0 spiro atoms. The van der Waals surface area contributed by atoms with Gasteiger partial charge in [-0.05, 0) is 36.4 Å². The number of nitrogens with one attached hydrogen (secondary N) is 3. The van der Waals surface area contributed by atoms with E-state index in [9.17, 15) is 15.3 Å². The van der Waals surface area contributed by atoms with Gasteiger partial charge >= 0.3 is 8.60 Å². The molecule has 0 fully saturated rings. The maximum absolute atomic E-state index is 9.96. The highest BCUT2D eigenvalue weighted by molar-refractivity contribution is 7.42. The zero-order valence-electron chi connectivity index (χ0n) is 41.3. The summed E-state index contributed by atoms with van der Waals surface area (Å²) in [6, 6.07) is 22.9. The summed E-state index contributed by atoms with van der Waals surface area (Å²) in [7, 11) is -3.98. The lowest BCUT2D eigenvalue weighted by Gasteiger charge is -2.47. The van der Waals surface area contributed by atoms with Gasteiger partial charge in [-0.25, -0.2) is 0 Å². The Morgan fingerprint density at radius 1 is 0.318 bits per heavy atom. The lowest BCUT2D eigenvalue weighted by atomic mass is 10.2. The van der Waals surface area contributed by atoms with E-state index in [1.165, 1.54) is 36.4 Å². The van der Waals surface area contributed by atoms with Crippen molar-refractivity contribution in [3.8, 4) is 0 Å². The van der Waals surface area contributed by atoms with E-state index >= 15 is 0 Å². The van der Waals surface area contributed by atoms with E-state index in [-0.39, 0.29) is 131 Å². The van der Waals surface area contributed by atoms with E-state index in [1.54, 1.807) is 54.6 Å². The molecule has 0 aliphatic carbocycles. The monoisotopic (exact) mass is 1660 g/mol. The van der Waals surface area contributed by atoms with Crippen LogP contribution in [0.25, 0.3) is 0 Å². The van der Waals surface area contributed by atoms with Gasteiger partial charge in [0.25, 0.3) is 26.9 Å². The van der Waals surface area contributed by atoms with Crippen molar-refractivity contribution in [2.45, 2.75) is 26.9 Å². The van der Waals surface area contributed by atoms with Crippen LogP contribution in [-0.2, 0) is 13.6 Å². The number of hydrogen-bond donors (Lipinski definition) is 6. The molecule has 0 bridgehead atoms. The summed E-state index contributed by atoms with van der Waals surface area (Å²) in [6.45, 7) is -1.97. The quantitative estimate of drug-likeness (QED) is 0.00964. The Labute approximate surface area is 608 Å². The number of aliphatic hydroxyl groups excluding tert-OH is 3. The number of aliphatic hydroxyl groups is 3. The van der Waals surface area contributed by atoms with Crippen LogP contribution < -0.4 is 30.7 Å². The Bertz CT molecular complexity index is 2990. The van der Waals surface area contributed by atoms with Crippen LogP contribution in [0.4, 0.5) is 51.2 Å². The van der Waals surface area contributed by atoms with Gasteiger partial charge in [0, 0.05) is 36.7 Å². The molecule has 0 saturated heterocycles. The molecule has 85 heavy (non-hydrogen) atoms. The van der Waals surface area contributed by atoms with Crippen LogP contribution in [0.5, 0.6) is 0 Å². The molecule has 12 nitrogen and oxygen atoms in total. The zero-order chi connectivity index (χ0) is 63.5. The molecule has 0 aliphatic rings. The molecule has 0 radical (unpaired) electrons. The third-order valence-corrected chi connectivity index (χ3v) is 24.3. The average molecular weight is 1670 g/mol. The van der Waals surface area contributed by atoms with E-state index in [0.29, 0.717) is 0 Å². The van der Waals surface area contributed by atoms with E-state index < -0.39 is 55.4 Å². The molecule has 0 unspecified atom stereocenters. The maximum atomic E-state index is 9.96. The van der Waals surface area contributed by atoms with Gasteiger partial charge < -0.3 is 46.0 Å². The molecule has 464 valence electrons. The minimum atomic E-state index is -3.98. The van der Waals surface area contributed by atoms with Gasteiger partial charge in [-0.1, -0.05) is 333 Å². The molecule has 37 heteroatoms. The SMILES string of the molecule is OCCNc1c(Cl)c(Cl)c(Cl)c(Cl)c1N(c1ccccc1)C(Cl)(Cl)C(Cl)(Cl)OP(OC(Cl)(Cl)C(Cl)(Cl)N(c1ccccc1)c1c(Cl)c(Cl)c(Cl)c(Cl)c1NCCO)OC(Cl)(Cl)C(Cl)(Cl)N(c1ccccc1)c1c(Cl)c(Cl)c(Cl)c(Cl)c1NCCO. The minimum Gasteiger partial charge on any atom is -0.395 e. The van der Waals surface area contributed by atoms with Crippen molar-refractivity contribution in [1.29, 1.82) is 0 Å². The van der Waals surface area contributed by atoms with Gasteiger partial charge in [0.05, 0.1) is 114 Å². The molecular formula is C48H33Cl24N6O6P. The molecular weight excluding hydrogens is 1640 g/mol. The Hall–Kier alpha value is 1.27. The van der Waals surface area contributed by atoms with Crippen LogP contribution in [-0.4, -0.2) is 81.7 Å². The van der Waals surface area contributed by atoms with Crippen molar-refractivity contribution in [2.75, 3.05) is 70.1 Å². The molecule has 0 amide bonds. The summed E-state index contributed by atoms with van der Waals surface area (Å²) < 4.78 is -0.144. The number of rotatable bonds is 27. The highest BCUT2D eigenvalue weighted by Gasteiger charge is 2.64. The van der Waals surface area contributed by atoms with Crippen LogP contribution >= 0.6 is 287 Å².